The van der Waals surface area contributed by atoms with Gasteiger partial charge in [0, 0.05) is 31.5 Å². The molecule has 0 amide bonds. The Morgan fingerprint density at radius 1 is 1.35 bits per heavy atom. The molecule has 3 rings (SSSR count). The Kier molecular flexibility index (Phi) is 4.14. The van der Waals surface area contributed by atoms with Gasteiger partial charge in [0.15, 0.2) is 0 Å². The summed E-state index contributed by atoms with van der Waals surface area (Å²) >= 11 is 0. The SMILES string of the molecule is COC[C@H](NCc1cnn(-c2ccccc2)c1)C1CC1. The van der Waals surface area contributed by atoms with E-state index in [0.29, 0.717) is 6.04 Å². The third-order valence-corrected chi connectivity index (χ3v) is 3.76. The van der Waals surface area contributed by atoms with E-state index in [1.165, 1.54) is 18.4 Å². The molecule has 1 fully saturated rings. The first kappa shape index (κ1) is 13.3. The smallest absolute Gasteiger partial charge is 0.0645 e. The number of methoxy groups -OCH3 is 1. The number of hydrogen-bond acceptors (Lipinski definition) is 3. The molecule has 1 aromatic carbocycles. The van der Waals surface area contributed by atoms with Crippen LogP contribution in [-0.2, 0) is 11.3 Å². The van der Waals surface area contributed by atoms with Crippen LogP contribution in [0.2, 0.25) is 0 Å². The van der Waals surface area contributed by atoms with Crippen molar-refractivity contribution >= 4 is 0 Å². The van der Waals surface area contributed by atoms with Gasteiger partial charge in [-0.25, -0.2) is 4.68 Å². The molecule has 1 aliphatic rings. The Morgan fingerprint density at radius 3 is 2.85 bits per heavy atom. The van der Waals surface area contributed by atoms with Crippen molar-refractivity contribution in [2.75, 3.05) is 13.7 Å². The number of aromatic nitrogens is 2. The van der Waals surface area contributed by atoms with Gasteiger partial charge in [0.25, 0.3) is 0 Å². The van der Waals surface area contributed by atoms with Gasteiger partial charge < -0.3 is 10.1 Å². The lowest BCUT2D eigenvalue weighted by atomic mass is 10.2. The topological polar surface area (TPSA) is 39.1 Å². The lowest BCUT2D eigenvalue weighted by Gasteiger charge is -2.16. The molecule has 1 heterocycles. The van der Waals surface area contributed by atoms with Gasteiger partial charge in [-0.1, -0.05) is 18.2 Å². The molecule has 0 unspecified atom stereocenters. The van der Waals surface area contributed by atoms with Crippen molar-refractivity contribution in [1.29, 1.82) is 0 Å². The summed E-state index contributed by atoms with van der Waals surface area (Å²) in [7, 11) is 1.77. The van der Waals surface area contributed by atoms with Crippen molar-refractivity contribution in [3.8, 4) is 5.69 Å². The van der Waals surface area contributed by atoms with Crippen LogP contribution < -0.4 is 5.32 Å². The summed E-state index contributed by atoms with van der Waals surface area (Å²) in [5.74, 6) is 0.791. The van der Waals surface area contributed by atoms with Crippen molar-refractivity contribution in [1.82, 2.24) is 15.1 Å². The van der Waals surface area contributed by atoms with Crippen LogP contribution in [-0.4, -0.2) is 29.5 Å². The number of nitrogens with zero attached hydrogens (tertiary/aromatic N) is 2. The Balaban J connectivity index is 1.59. The summed E-state index contributed by atoms with van der Waals surface area (Å²) in [6.07, 6.45) is 6.66. The minimum Gasteiger partial charge on any atom is -0.383 e. The van der Waals surface area contributed by atoms with Gasteiger partial charge in [-0.15, -0.1) is 0 Å². The van der Waals surface area contributed by atoms with Gasteiger partial charge in [-0.2, -0.15) is 5.10 Å². The molecular formula is C16H21N3O. The van der Waals surface area contributed by atoms with E-state index >= 15 is 0 Å². The fourth-order valence-corrected chi connectivity index (χ4v) is 2.46. The number of benzene rings is 1. The summed E-state index contributed by atoms with van der Waals surface area (Å²) in [6, 6.07) is 10.7. The van der Waals surface area contributed by atoms with Crippen LogP contribution in [0.5, 0.6) is 0 Å². The molecule has 1 aromatic heterocycles. The molecule has 0 aliphatic heterocycles. The Morgan fingerprint density at radius 2 is 2.15 bits per heavy atom. The number of hydrogen-bond donors (Lipinski definition) is 1. The highest BCUT2D eigenvalue weighted by molar-refractivity contribution is 5.30. The van der Waals surface area contributed by atoms with E-state index in [9.17, 15) is 0 Å². The second-order valence-corrected chi connectivity index (χ2v) is 5.41. The molecule has 1 aliphatic carbocycles. The van der Waals surface area contributed by atoms with Gasteiger partial charge in [-0.3, -0.25) is 0 Å². The van der Waals surface area contributed by atoms with Crippen molar-refractivity contribution in [2.45, 2.75) is 25.4 Å². The zero-order valence-corrected chi connectivity index (χ0v) is 11.8. The van der Waals surface area contributed by atoms with E-state index in [-0.39, 0.29) is 0 Å². The molecule has 4 heteroatoms. The molecule has 1 atom stereocenters. The Labute approximate surface area is 119 Å². The summed E-state index contributed by atoms with van der Waals surface area (Å²) in [5.41, 5.74) is 2.30. The maximum Gasteiger partial charge on any atom is 0.0645 e. The van der Waals surface area contributed by atoms with Gasteiger partial charge in [0.1, 0.15) is 0 Å². The van der Waals surface area contributed by atoms with Crippen molar-refractivity contribution in [3.05, 3.63) is 48.3 Å². The van der Waals surface area contributed by atoms with Crippen molar-refractivity contribution in [2.24, 2.45) is 5.92 Å². The molecule has 0 bridgehead atoms. The second kappa shape index (κ2) is 6.20. The molecule has 0 radical (unpaired) electrons. The average Bonchev–Trinajstić information content (AvgIpc) is 3.22. The molecule has 4 nitrogen and oxygen atoms in total. The summed E-state index contributed by atoms with van der Waals surface area (Å²) in [4.78, 5) is 0. The summed E-state index contributed by atoms with van der Waals surface area (Å²) in [5, 5.41) is 8.00. The van der Waals surface area contributed by atoms with Gasteiger partial charge in [0.05, 0.1) is 18.5 Å². The molecule has 2 aromatic rings. The van der Waals surface area contributed by atoms with Gasteiger partial charge >= 0.3 is 0 Å². The third-order valence-electron chi connectivity index (χ3n) is 3.76. The van der Waals surface area contributed by atoms with Crippen LogP contribution in [0.25, 0.3) is 5.69 Å². The van der Waals surface area contributed by atoms with Crippen LogP contribution in [0.4, 0.5) is 0 Å². The van der Waals surface area contributed by atoms with Crippen molar-refractivity contribution < 1.29 is 4.74 Å². The average molecular weight is 271 g/mol. The second-order valence-electron chi connectivity index (χ2n) is 5.41. The molecule has 0 saturated heterocycles. The van der Waals surface area contributed by atoms with Crippen molar-refractivity contribution in [3.63, 3.8) is 0 Å². The minimum atomic E-state index is 0.472. The molecule has 1 N–H and O–H groups in total. The fraction of sp³-hybridized carbons (Fsp3) is 0.438. The van der Waals surface area contributed by atoms with Gasteiger partial charge in [-0.05, 0) is 30.9 Å². The molecule has 106 valence electrons. The molecule has 1 saturated carbocycles. The molecular weight excluding hydrogens is 250 g/mol. The van der Waals surface area contributed by atoms with Crippen LogP contribution >= 0.6 is 0 Å². The Bertz CT molecular complexity index is 534. The number of para-hydroxylation sites is 1. The lowest BCUT2D eigenvalue weighted by Crippen LogP contribution is -2.34. The molecule has 0 spiro atoms. The van der Waals surface area contributed by atoms with Gasteiger partial charge in [0.2, 0.25) is 0 Å². The monoisotopic (exact) mass is 271 g/mol. The Hall–Kier alpha value is -1.65. The first-order chi connectivity index (χ1) is 9.86. The van der Waals surface area contributed by atoms with E-state index in [1.807, 2.05) is 29.1 Å². The van der Waals surface area contributed by atoms with Crippen LogP contribution in [0.15, 0.2) is 42.7 Å². The highest BCUT2D eigenvalue weighted by atomic mass is 16.5. The summed E-state index contributed by atoms with van der Waals surface area (Å²) in [6.45, 7) is 1.63. The van der Waals surface area contributed by atoms with E-state index in [4.69, 9.17) is 4.74 Å². The molecule has 20 heavy (non-hydrogen) atoms. The maximum absolute atomic E-state index is 5.28. The fourth-order valence-electron chi connectivity index (χ4n) is 2.46. The highest BCUT2D eigenvalue weighted by Gasteiger charge is 2.30. The van der Waals surface area contributed by atoms with Crippen LogP contribution in [0.3, 0.4) is 0 Å². The standard InChI is InChI=1S/C16H21N3O/c1-20-12-16(14-7-8-14)17-9-13-10-18-19(11-13)15-5-3-2-4-6-15/h2-6,10-11,14,16-17H,7-9,12H2,1H3/t16-/m0/s1. The minimum absolute atomic E-state index is 0.472. The predicted octanol–water partition coefficient (Wildman–Crippen LogP) is 2.39. The largest absolute Gasteiger partial charge is 0.383 e. The first-order valence-electron chi connectivity index (χ1n) is 7.18. The quantitative estimate of drug-likeness (QED) is 0.840. The van der Waals surface area contributed by atoms with E-state index in [0.717, 1.165) is 24.8 Å². The number of nitrogens with one attached hydrogen (secondary N) is 1. The highest BCUT2D eigenvalue weighted by Crippen LogP contribution is 2.32. The zero-order valence-electron chi connectivity index (χ0n) is 11.8. The normalized spacial score (nSPS) is 16.2. The number of ether oxygens (including phenoxy) is 1. The van der Waals surface area contributed by atoms with Crippen LogP contribution in [0.1, 0.15) is 18.4 Å². The summed E-state index contributed by atoms with van der Waals surface area (Å²) < 4.78 is 7.20. The lowest BCUT2D eigenvalue weighted by molar-refractivity contribution is 0.157. The van der Waals surface area contributed by atoms with E-state index in [2.05, 4.69) is 28.7 Å². The predicted molar refractivity (Wildman–Crippen MR) is 78.8 cm³/mol. The van der Waals surface area contributed by atoms with E-state index < -0.39 is 0 Å². The third kappa shape index (κ3) is 3.26. The first-order valence-corrected chi connectivity index (χ1v) is 7.18. The van der Waals surface area contributed by atoms with E-state index in [1.54, 1.807) is 7.11 Å². The van der Waals surface area contributed by atoms with Crippen LogP contribution in [0, 0.1) is 5.92 Å². The number of rotatable bonds is 7. The zero-order chi connectivity index (χ0) is 13.8. The maximum atomic E-state index is 5.28.